The number of fused-ring (bicyclic) bond motifs is 4. The third-order valence-corrected chi connectivity index (χ3v) is 7.63. The number of nitrogens with zero attached hydrogens (tertiary/aromatic N) is 6. The molecule has 42 heavy (non-hydrogen) atoms. The van der Waals surface area contributed by atoms with Crippen LogP contribution in [0.5, 0.6) is 5.75 Å². The third kappa shape index (κ3) is 6.00. The van der Waals surface area contributed by atoms with Gasteiger partial charge in [-0.25, -0.2) is 9.97 Å². The molecule has 3 aromatic carbocycles. The standard InChI is InChI=1S/C33H32N6O3/c1-37-13-14-38(32(40)11-12-39-30-8-3-2-6-27(30)22-36-39)15-16-42-31-10-9-25(29-20-34-23-35-21-29)19-28(31)18-24-5-4-7-26(17-24)33(37)41/h2-10,17,19-23H,11-16,18H2,1H3. The Labute approximate surface area is 244 Å². The minimum Gasteiger partial charge on any atom is -0.491 e. The van der Waals surface area contributed by atoms with Crippen LogP contribution in [-0.2, 0) is 17.8 Å². The van der Waals surface area contributed by atoms with Crippen molar-refractivity contribution in [2.24, 2.45) is 0 Å². The largest absolute Gasteiger partial charge is 0.491 e. The second-order valence-electron chi connectivity index (χ2n) is 10.5. The number of aryl methyl sites for hydroxylation is 1. The van der Waals surface area contributed by atoms with Crippen molar-refractivity contribution in [1.29, 1.82) is 0 Å². The first-order chi connectivity index (χ1) is 20.5. The fourth-order valence-corrected chi connectivity index (χ4v) is 5.30. The van der Waals surface area contributed by atoms with E-state index in [-0.39, 0.29) is 11.8 Å². The van der Waals surface area contributed by atoms with Crippen LogP contribution < -0.4 is 4.74 Å². The lowest BCUT2D eigenvalue weighted by Gasteiger charge is -2.27. The van der Waals surface area contributed by atoms with Crippen LogP contribution in [0.2, 0.25) is 0 Å². The topological polar surface area (TPSA) is 93.5 Å². The maximum atomic E-state index is 13.5. The molecule has 0 saturated carbocycles. The summed E-state index contributed by atoms with van der Waals surface area (Å²) in [5.41, 5.74) is 5.50. The summed E-state index contributed by atoms with van der Waals surface area (Å²) in [6.07, 6.45) is 7.77. The molecule has 1 aliphatic rings. The zero-order valence-electron chi connectivity index (χ0n) is 23.5. The summed E-state index contributed by atoms with van der Waals surface area (Å²) in [5.74, 6) is 0.667. The van der Waals surface area contributed by atoms with E-state index < -0.39 is 0 Å². The van der Waals surface area contributed by atoms with Gasteiger partial charge >= 0.3 is 0 Å². The molecule has 1 aliphatic heterocycles. The second-order valence-corrected chi connectivity index (χ2v) is 10.5. The average molecular weight is 561 g/mol. The van der Waals surface area contributed by atoms with Crippen LogP contribution >= 0.6 is 0 Å². The molecule has 9 nitrogen and oxygen atoms in total. The van der Waals surface area contributed by atoms with Crippen molar-refractivity contribution in [3.8, 4) is 16.9 Å². The summed E-state index contributed by atoms with van der Waals surface area (Å²) in [6.45, 7) is 2.02. The van der Waals surface area contributed by atoms with Gasteiger partial charge in [0.1, 0.15) is 18.7 Å². The highest BCUT2D eigenvalue weighted by Crippen LogP contribution is 2.29. The zero-order valence-corrected chi connectivity index (χ0v) is 23.5. The van der Waals surface area contributed by atoms with Gasteiger partial charge in [0.2, 0.25) is 5.91 Å². The number of carbonyl (C=O) groups is 2. The maximum Gasteiger partial charge on any atom is 0.253 e. The number of amides is 2. The Bertz CT molecular complexity index is 1720. The molecule has 2 aromatic heterocycles. The molecule has 212 valence electrons. The molecule has 9 heteroatoms. The fraction of sp³-hybridized carbons (Fsp3) is 0.242. The number of carbonyl (C=O) groups excluding carboxylic acids is 2. The van der Waals surface area contributed by atoms with Crippen LogP contribution in [0, 0.1) is 0 Å². The Kier molecular flexibility index (Phi) is 7.89. The average Bonchev–Trinajstić information content (AvgIpc) is 3.44. The van der Waals surface area contributed by atoms with Crippen molar-refractivity contribution in [1.82, 2.24) is 29.5 Å². The molecule has 0 N–H and O–H groups in total. The van der Waals surface area contributed by atoms with Gasteiger partial charge in [-0.15, -0.1) is 0 Å². The van der Waals surface area contributed by atoms with Gasteiger partial charge in [-0.05, 0) is 47.0 Å². The van der Waals surface area contributed by atoms with E-state index in [0.29, 0.717) is 51.2 Å². The maximum absolute atomic E-state index is 13.5. The number of likely N-dealkylation sites (N-methyl/N-ethyl adjacent to an activating group) is 1. The summed E-state index contributed by atoms with van der Waals surface area (Å²) < 4.78 is 8.17. The molecule has 2 bridgehead atoms. The van der Waals surface area contributed by atoms with Crippen LogP contribution in [-0.4, -0.2) is 74.7 Å². The van der Waals surface area contributed by atoms with Crippen LogP contribution in [0.4, 0.5) is 0 Å². The van der Waals surface area contributed by atoms with Gasteiger partial charge in [0.05, 0.1) is 24.8 Å². The molecule has 2 amide bonds. The minimum atomic E-state index is -0.0732. The highest BCUT2D eigenvalue weighted by molar-refractivity contribution is 5.94. The van der Waals surface area contributed by atoms with Gasteiger partial charge in [0.25, 0.3) is 5.91 Å². The fourth-order valence-electron chi connectivity index (χ4n) is 5.30. The van der Waals surface area contributed by atoms with E-state index in [1.54, 1.807) is 29.2 Å². The number of aromatic nitrogens is 4. The number of benzene rings is 3. The van der Waals surface area contributed by atoms with Crippen molar-refractivity contribution in [2.75, 3.05) is 33.3 Å². The van der Waals surface area contributed by atoms with E-state index in [9.17, 15) is 9.59 Å². The van der Waals surface area contributed by atoms with Crippen molar-refractivity contribution < 1.29 is 14.3 Å². The van der Waals surface area contributed by atoms with Gasteiger partial charge in [-0.2, -0.15) is 5.10 Å². The van der Waals surface area contributed by atoms with Crippen LogP contribution in [0.1, 0.15) is 27.9 Å². The Morgan fingerprint density at radius 1 is 0.881 bits per heavy atom. The first-order valence-corrected chi connectivity index (χ1v) is 14.1. The molecule has 0 radical (unpaired) electrons. The van der Waals surface area contributed by atoms with Crippen LogP contribution in [0.25, 0.3) is 22.0 Å². The molecule has 0 spiro atoms. The summed E-state index contributed by atoms with van der Waals surface area (Å²) >= 11 is 0. The highest BCUT2D eigenvalue weighted by Gasteiger charge is 2.19. The van der Waals surface area contributed by atoms with Gasteiger partial charge in [-0.3, -0.25) is 14.3 Å². The van der Waals surface area contributed by atoms with Gasteiger partial charge in [0.15, 0.2) is 0 Å². The summed E-state index contributed by atoms with van der Waals surface area (Å²) in [4.78, 5) is 38.5. The summed E-state index contributed by atoms with van der Waals surface area (Å²) in [5, 5.41) is 5.51. The quantitative estimate of drug-likeness (QED) is 0.322. The first kappa shape index (κ1) is 27.1. The van der Waals surface area contributed by atoms with E-state index in [1.165, 1.54) is 6.33 Å². The lowest BCUT2D eigenvalue weighted by molar-refractivity contribution is -0.132. The Morgan fingerprint density at radius 3 is 2.62 bits per heavy atom. The van der Waals surface area contributed by atoms with E-state index in [2.05, 4.69) is 21.1 Å². The molecule has 0 unspecified atom stereocenters. The molecule has 0 fully saturated rings. The molecular formula is C33H32N6O3. The van der Waals surface area contributed by atoms with Crippen molar-refractivity contribution in [2.45, 2.75) is 19.4 Å². The normalized spacial score (nSPS) is 14.3. The van der Waals surface area contributed by atoms with Gasteiger partial charge < -0.3 is 14.5 Å². The van der Waals surface area contributed by atoms with E-state index in [4.69, 9.17) is 4.74 Å². The third-order valence-electron chi connectivity index (χ3n) is 7.63. The van der Waals surface area contributed by atoms with E-state index in [1.807, 2.05) is 71.5 Å². The number of ether oxygens (including phenoxy) is 1. The molecule has 0 atom stereocenters. The Balaban J connectivity index is 1.25. The molecule has 0 saturated heterocycles. The molecule has 0 aliphatic carbocycles. The smallest absolute Gasteiger partial charge is 0.253 e. The van der Waals surface area contributed by atoms with Crippen molar-refractivity contribution in [3.05, 3.63) is 108 Å². The zero-order chi connectivity index (χ0) is 28.9. The summed E-state index contributed by atoms with van der Waals surface area (Å²) in [6, 6.07) is 21.7. The number of hydrogen-bond donors (Lipinski definition) is 0. The van der Waals surface area contributed by atoms with E-state index in [0.717, 1.165) is 38.9 Å². The van der Waals surface area contributed by atoms with Crippen molar-refractivity contribution >= 4 is 22.7 Å². The lowest BCUT2D eigenvalue weighted by atomic mass is 9.98. The second kappa shape index (κ2) is 12.2. The monoisotopic (exact) mass is 560 g/mol. The van der Waals surface area contributed by atoms with Gasteiger partial charge in [-0.1, -0.05) is 36.4 Å². The first-order valence-electron chi connectivity index (χ1n) is 14.1. The van der Waals surface area contributed by atoms with Crippen LogP contribution in [0.3, 0.4) is 0 Å². The predicted molar refractivity (Wildman–Crippen MR) is 160 cm³/mol. The van der Waals surface area contributed by atoms with E-state index >= 15 is 0 Å². The van der Waals surface area contributed by atoms with Gasteiger partial charge in [0, 0.05) is 61.9 Å². The number of hydrogen-bond acceptors (Lipinski definition) is 6. The lowest BCUT2D eigenvalue weighted by Crippen LogP contribution is -2.41. The molecule has 5 aromatic rings. The van der Waals surface area contributed by atoms with Crippen molar-refractivity contribution in [3.63, 3.8) is 0 Å². The molecule has 3 heterocycles. The molecular weight excluding hydrogens is 528 g/mol. The number of rotatable bonds is 4. The SMILES string of the molecule is CN1CCN(C(=O)CCn2ncc3ccccc32)CCOc2ccc(-c3cncnc3)cc2Cc2cccc(c2)C1=O. The predicted octanol–water partition coefficient (Wildman–Crippen LogP) is 4.47. The highest BCUT2D eigenvalue weighted by atomic mass is 16.5. The minimum absolute atomic E-state index is 0.00669. The molecule has 6 rings (SSSR count). The Morgan fingerprint density at radius 2 is 1.74 bits per heavy atom. The summed E-state index contributed by atoms with van der Waals surface area (Å²) in [7, 11) is 1.78. The Hall–Kier alpha value is -5.05. The number of para-hydroxylation sites is 1. The van der Waals surface area contributed by atoms with Crippen LogP contribution in [0.15, 0.2) is 91.6 Å².